The number of aliphatic carboxylic acids is 1. The molecule has 0 aliphatic carbocycles. The van der Waals surface area contributed by atoms with Crippen molar-refractivity contribution >= 4 is 17.6 Å². The lowest BCUT2D eigenvalue weighted by molar-refractivity contribution is -0.138. The fourth-order valence-electron chi connectivity index (χ4n) is 1.64. The predicted molar refractivity (Wildman–Crippen MR) is 73.9 cm³/mol. The fourth-order valence-corrected chi connectivity index (χ4v) is 1.64. The van der Waals surface area contributed by atoms with Crippen molar-refractivity contribution in [3.05, 3.63) is 42.7 Å². The molecule has 1 aromatic carbocycles. The van der Waals surface area contributed by atoms with Gasteiger partial charge in [-0.3, -0.25) is 14.5 Å². The lowest BCUT2D eigenvalue weighted by atomic mass is 10.3. The minimum Gasteiger partial charge on any atom is -0.480 e. The highest BCUT2D eigenvalue weighted by molar-refractivity contribution is 5.90. The highest BCUT2D eigenvalue weighted by atomic mass is 19.1. The molecule has 2 N–H and O–H groups in total. The lowest BCUT2D eigenvalue weighted by Crippen LogP contribution is -2.32. The number of carbonyl (C=O) groups is 2. The average Bonchev–Trinajstić information content (AvgIpc) is 2.38. The molecule has 6 heteroatoms. The van der Waals surface area contributed by atoms with Crippen molar-refractivity contribution in [3.8, 4) is 0 Å². The van der Waals surface area contributed by atoms with Crippen LogP contribution in [0.5, 0.6) is 0 Å². The van der Waals surface area contributed by atoms with Gasteiger partial charge in [-0.25, -0.2) is 4.39 Å². The highest BCUT2D eigenvalue weighted by Crippen LogP contribution is 2.12. The fraction of sp³-hybridized carbons (Fsp3) is 0.286. The Morgan fingerprint density at radius 2 is 2.10 bits per heavy atom. The largest absolute Gasteiger partial charge is 0.480 e. The maximum absolute atomic E-state index is 13.3. The quantitative estimate of drug-likeness (QED) is 0.711. The summed E-state index contributed by atoms with van der Waals surface area (Å²) in [6.07, 6.45) is 1.65. The van der Waals surface area contributed by atoms with E-state index < -0.39 is 11.8 Å². The summed E-state index contributed by atoms with van der Waals surface area (Å²) in [5.41, 5.74) is 0.117. The molecule has 20 heavy (non-hydrogen) atoms. The van der Waals surface area contributed by atoms with Gasteiger partial charge in [-0.05, 0) is 12.1 Å². The van der Waals surface area contributed by atoms with Gasteiger partial charge in [0.1, 0.15) is 5.82 Å². The molecule has 5 nitrogen and oxygen atoms in total. The molecule has 0 heterocycles. The van der Waals surface area contributed by atoms with E-state index >= 15 is 0 Å². The molecule has 1 rings (SSSR count). The van der Waals surface area contributed by atoms with E-state index in [9.17, 15) is 14.0 Å². The van der Waals surface area contributed by atoms with E-state index in [1.165, 1.54) is 18.2 Å². The molecule has 1 amide bonds. The maximum atomic E-state index is 13.3. The number of rotatable bonds is 8. The van der Waals surface area contributed by atoms with Crippen molar-refractivity contribution in [3.63, 3.8) is 0 Å². The zero-order chi connectivity index (χ0) is 15.0. The normalized spacial score (nSPS) is 10.3. The topological polar surface area (TPSA) is 69.6 Å². The standard InChI is InChI=1S/C14H17FN2O3/c1-2-8-17(10-14(19)20)9-7-13(18)16-12-6-4-3-5-11(12)15/h2-6H,1,7-10H2,(H,16,18)(H,19,20). The second kappa shape index (κ2) is 8.06. The van der Waals surface area contributed by atoms with Crippen LogP contribution in [0.3, 0.4) is 0 Å². The Bertz CT molecular complexity index is 491. The molecule has 0 fully saturated rings. The minimum absolute atomic E-state index is 0.0788. The van der Waals surface area contributed by atoms with E-state index in [-0.39, 0.29) is 31.1 Å². The number of para-hydroxylation sites is 1. The van der Waals surface area contributed by atoms with Crippen LogP contribution in [0.1, 0.15) is 6.42 Å². The van der Waals surface area contributed by atoms with E-state index in [2.05, 4.69) is 11.9 Å². The molecule has 0 aromatic heterocycles. The van der Waals surface area contributed by atoms with Gasteiger partial charge in [-0.2, -0.15) is 0 Å². The van der Waals surface area contributed by atoms with Crippen LogP contribution >= 0.6 is 0 Å². The van der Waals surface area contributed by atoms with E-state index in [0.717, 1.165) is 0 Å². The first kappa shape index (κ1) is 15.8. The first-order valence-corrected chi connectivity index (χ1v) is 6.12. The maximum Gasteiger partial charge on any atom is 0.317 e. The molecule has 108 valence electrons. The molecule has 0 atom stereocenters. The Hall–Kier alpha value is -2.21. The number of halogens is 1. The molecule has 0 radical (unpaired) electrons. The van der Waals surface area contributed by atoms with Gasteiger partial charge in [-0.1, -0.05) is 18.2 Å². The van der Waals surface area contributed by atoms with Crippen LogP contribution in [-0.4, -0.2) is 41.5 Å². The first-order chi connectivity index (χ1) is 9.52. The second-order valence-corrected chi connectivity index (χ2v) is 4.20. The van der Waals surface area contributed by atoms with E-state index in [1.807, 2.05) is 0 Å². The average molecular weight is 280 g/mol. The first-order valence-electron chi connectivity index (χ1n) is 6.12. The van der Waals surface area contributed by atoms with Crippen molar-refractivity contribution in [2.75, 3.05) is 25.0 Å². The number of carbonyl (C=O) groups excluding carboxylic acids is 1. The summed E-state index contributed by atoms with van der Waals surface area (Å²) in [5, 5.41) is 11.2. The van der Waals surface area contributed by atoms with Crippen molar-refractivity contribution in [1.29, 1.82) is 0 Å². The SMILES string of the molecule is C=CCN(CCC(=O)Nc1ccccc1F)CC(=O)O. The Morgan fingerprint density at radius 3 is 2.70 bits per heavy atom. The molecule has 0 saturated carbocycles. The van der Waals surface area contributed by atoms with Crippen LogP contribution in [0.25, 0.3) is 0 Å². The van der Waals surface area contributed by atoms with Gasteiger partial charge < -0.3 is 10.4 Å². The van der Waals surface area contributed by atoms with Gasteiger partial charge in [0.2, 0.25) is 5.91 Å². The van der Waals surface area contributed by atoms with E-state index in [1.54, 1.807) is 17.0 Å². The monoisotopic (exact) mass is 280 g/mol. The number of amides is 1. The molecule has 0 bridgehead atoms. The number of carboxylic acid groups (broad SMARTS) is 1. The van der Waals surface area contributed by atoms with Crippen LogP contribution in [0, 0.1) is 5.82 Å². The van der Waals surface area contributed by atoms with Crippen molar-refractivity contribution in [2.24, 2.45) is 0 Å². The van der Waals surface area contributed by atoms with Gasteiger partial charge in [0.25, 0.3) is 0 Å². The zero-order valence-corrected chi connectivity index (χ0v) is 11.0. The van der Waals surface area contributed by atoms with Gasteiger partial charge in [0.15, 0.2) is 0 Å². The molecule has 1 aromatic rings. The molecule has 0 saturated heterocycles. The molecule has 0 spiro atoms. The summed E-state index contributed by atoms with van der Waals surface area (Å²) in [7, 11) is 0. The molecular weight excluding hydrogens is 263 g/mol. The van der Waals surface area contributed by atoms with Gasteiger partial charge in [-0.15, -0.1) is 6.58 Å². The second-order valence-electron chi connectivity index (χ2n) is 4.20. The van der Waals surface area contributed by atoms with Crippen LogP contribution < -0.4 is 5.32 Å². The molecule has 0 aliphatic heterocycles. The number of nitrogens with zero attached hydrogens (tertiary/aromatic N) is 1. The van der Waals surface area contributed by atoms with Crippen LogP contribution in [0.4, 0.5) is 10.1 Å². The Morgan fingerprint density at radius 1 is 1.40 bits per heavy atom. The Kier molecular flexibility index (Phi) is 6.39. The van der Waals surface area contributed by atoms with Crippen LogP contribution in [0.2, 0.25) is 0 Å². The Balaban J connectivity index is 2.47. The zero-order valence-electron chi connectivity index (χ0n) is 11.0. The van der Waals surface area contributed by atoms with Crippen molar-refractivity contribution in [1.82, 2.24) is 4.90 Å². The summed E-state index contributed by atoms with van der Waals surface area (Å²) in [4.78, 5) is 23.9. The smallest absolute Gasteiger partial charge is 0.317 e. The van der Waals surface area contributed by atoms with Crippen LogP contribution in [-0.2, 0) is 9.59 Å². The molecule has 0 unspecified atom stereocenters. The summed E-state index contributed by atoms with van der Waals surface area (Å²) in [6, 6.07) is 5.87. The van der Waals surface area contributed by atoms with Crippen molar-refractivity contribution in [2.45, 2.75) is 6.42 Å². The van der Waals surface area contributed by atoms with E-state index in [4.69, 9.17) is 5.11 Å². The van der Waals surface area contributed by atoms with Crippen LogP contribution in [0.15, 0.2) is 36.9 Å². The van der Waals surface area contributed by atoms with Gasteiger partial charge >= 0.3 is 5.97 Å². The number of hydrogen-bond donors (Lipinski definition) is 2. The number of carboxylic acids is 1. The van der Waals surface area contributed by atoms with Gasteiger partial charge in [0, 0.05) is 19.5 Å². The number of anilines is 1. The summed E-state index contributed by atoms with van der Waals surface area (Å²) >= 11 is 0. The number of benzene rings is 1. The lowest BCUT2D eigenvalue weighted by Gasteiger charge is -2.17. The van der Waals surface area contributed by atoms with Gasteiger partial charge in [0.05, 0.1) is 12.2 Å². The summed E-state index contributed by atoms with van der Waals surface area (Å²) in [6.45, 7) is 4.00. The third-order valence-electron chi connectivity index (χ3n) is 2.55. The third kappa shape index (κ3) is 5.62. The number of nitrogens with one attached hydrogen (secondary N) is 1. The highest BCUT2D eigenvalue weighted by Gasteiger charge is 2.11. The minimum atomic E-state index is -0.971. The summed E-state index contributed by atoms with van der Waals surface area (Å²) < 4.78 is 13.3. The van der Waals surface area contributed by atoms with E-state index in [0.29, 0.717) is 6.54 Å². The van der Waals surface area contributed by atoms with Crippen molar-refractivity contribution < 1.29 is 19.1 Å². The molecular formula is C14H17FN2O3. The summed E-state index contributed by atoms with van der Waals surface area (Å²) in [5.74, 6) is -1.84. The number of hydrogen-bond acceptors (Lipinski definition) is 3. The Labute approximate surface area is 116 Å². The molecule has 0 aliphatic rings. The predicted octanol–water partition coefficient (Wildman–Crippen LogP) is 1.73. The third-order valence-corrected chi connectivity index (χ3v) is 2.55.